The maximum absolute atomic E-state index is 12.5. The Morgan fingerprint density at radius 2 is 1.90 bits per heavy atom. The average Bonchev–Trinajstić information content (AvgIpc) is 3.17. The van der Waals surface area contributed by atoms with Crippen LogP contribution in [0.4, 0.5) is 11.5 Å². The van der Waals surface area contributed by atoms with Gasteiger partial charge in [0.25, 0.3) is 0 Å². The molecule has 10 heteroatoms. The Morgan fingerprint density at radius 3 is 2.68 bits per heavy atom. The van der Waals surface area contributed by atoms with Crippen molar-refractivity contribution in [2.24, 2.45) is 0 Å². The highest BCUT2D eigenvalue weighted by atomic mass is 16.5. The number of anilines is 2. The number of nitrogens with one attached hydrogen (secondary N) is 3. The fraction of sp³-hybridized carbons (Fsp3) is 0.333. The molecular weight excluding hydrogens is 400 g/mol. The van der Waals surface area contributed by atoms with Crippen LogP contribution in [-0.4, -0.2) is 65.0 Å². The van der Waals surface area contributed by atoms with E-state index in [4.69, 9.17) is 4.74 Å². The summed E-state index contributed by atoms with van der Waals surface area (Å²) in [6, 6.07) is 11.1. The summed E-state index contributed by atoms with van der Waals surface area (Å²) in [4.78, 5) is 49.3. The number of nitrogens with zero attached hydrogens (tertiary/aromatic N) is 3. The number of H-pyrrole nitrogens is 2. The predicted molar refractivity (Wildman–Crippen MR) is 116 cm³/mol. The lowest BCUT2D eigenvalue weighted by Crippen LogP contribution is -2.48. The highest BCUT2D eigenvalue weighted by Crippen LogP contribution is 2.22. The van der Waals surface area contributed by atoms with Crippen LogP contribution in [0.25, 0.3) is 11.2 Å². The molecule has 4 rings (SSSR count). The number of methoxy groups -OCH3 is 1. The smallest absolute Gasteiger partial charge is 0.325 e. The maximum Gasteiger partial charge on any atom is 0.325 e. The first kappa shape index (κ1) is 20.5. The highest BCUT2D eigenvalue weighted by Gasteiger charge is 2.22. The number of benzene rings is 1. The summed E-state index contributed by atoms with van der Waals surface area (Å²) in [5, 5.41) is 2.66. The van der Waals surface area contributed by atoms with Crippen molar-refractivity contribution in [3.05, 3.63) is 46.9 Å². The highest BCUT2D eigenvalue weighted by molar-refractivity contribution is 5.93. The Balaban J connectivity index is 1.25. The van der Waals surface area contributed by atoms with Crippen molar-refractivity contribution in [1.82, 2.24) is 19.9 Å². The second-order valence-electron chi connectivity index (χ2n) is 7.29. The van der Waals surface area contributed by atoms with E-state index < -0.39 is 0 Å². The van der Waals surface area contributed by atoms with Crippen molar-refractivity contribution in [3.8, 4) is 5.75 Å². The van der Waals surface area contributed by atoms with Gasteiger partial charge in [0.15, 0.2) is 5.65 Å². The molecule has 2 aromatic heterocycles. The number of carbonyl (C=O) groups excluding carboxylic acids is 2. The van der Waals surface area contributed by atoms with Gasteiger partial charge in [0.1, 0.15) is 11.6 Å². The zero-order chi connectivity index (χ0) is 21.8. The maximum atomic E-state index is 12.5. The molecule has 10 nitrogen and oxygen atoms in total. The van der Waals surface area contributed by atoms with Crippen LogP contribution >= 0.6 is 0 Å². The van der Waals surface area contributed by atoms with Crippen LogP contribution in [0, 0.1) is 0 Å². The van der Waals surface area contributed by atoms with Gasteiger partial charge in [-0.1, -0.05) is 6.07 Å². The third-order valence-electron chi connectivity index (χ3n) is 5.26. The summed E-state index contributed by atoms with van der Waals surface area (Å²) >= 11 is 0. The predicted octanol–water partition coefficient (Wildman–Crippen LogP) is 1.33. The minimum Gasteiger partial charge on any atom is -0.497 e. The molecule has 0 aliphatic carbocycles. The van der Waals surface area contributed by atoms with E-state index in [2.05, 4.69) is 25.2 Å². The zero-order valence-electron chi connectivity index (χ0n) is 17.2. The third kappa shape index (κ3) is 4.85. The summed E-state index contributed by atoms with van der Waals surface area (Å²) in [7, 11) is 1.64. The van der Waals surface area contributed by atoms with Crippen molar-refractivity contribution in [1.29, 1.82) is 0 Å². The average molecular weight is 424 g/mol. The van der Waals surface area contributed by atoms with Crippen molar-refractivity contribution >= 4 is 34.5 Å². The molecule has 0 spiro atoms. The summed E-state index contributed by atoms with van der Waals surface area (Å²) < 4.78 is 5.27. The first-order valence-electron chi connectivity index (χ1n) is 10.1. The molecule has 0 unspecified atom stereocenters. The minimum absolute atomic E-state index is 0.0428. The number of hydrogen-bond acceptors (Lipinski definition) is 6. The SMILES string of the molecule is COc1cccc(N2CCN(C(=O)CCC(=O)Nc3ccc4[nH]c(=O)[nH]c4n3)CC2)c1. The van der Waals surface area contributed by atoms with Crippen LogP contribution in [-0.2, 0) is 9.59 Å². The number of piperazine rings is 1. The lowest BCUT2D eigenvalue weighted by atomic mass is 10.2. The van der Waals surface area contributed by atoms with Crippen LogP contribution in [0.5, 0.6) is 5.75 Å². The molecule has 1 aromatic carbocycles. The topological polar surface area (TPSA) is 123 Å². The number of ether oxygens (including phenoxy) is 1. The van der Waals surface area contributed by atoms with E-state index >= 15 is 0 Å². The second-order valence-corrected chi connectivity index (χ2v) is 7.29. The van der Waals surface area contributed by atoms with Crippen molar-refractivity contribution in [2.75, 3.05) is 43.5 Å². The van der Waals surface area contributed by atoms with Gasteiger partial charge >= 0.3 is 5.69 Å². The van der Waals surface area contributed by atoms with Gasteiger partial charge in [0.2, 0.25) is 11.8 Å². The first-order valence-corrected chi connectivity index (χ1v) is 10.1. The molecule has 0 bridgehead atoms. The van der Waals surface area contributed by atoms with Crippen molar-refractivity contribution in [3.63, 3.8) is 0 Å². The van der Waals surface area contributed by atoms with Gasteiger partial charge in [-0.15, -0.1) is 0 Å². The summed E-state index contributed by atoms with van der Waals surface area (Å²) in [6.07, 6.45) is 0.201. The van der Waals surface area contributed by atoms with Crippen LogP contribution < -0.4 is 20.6 Å². The normalized spacial score (nSPS) is 14.0. The van der Waals surface area contributed by atoms with E-state index in [0.29, 0.717) is 30.1 Å². The van der Waals surface area contributed by atoms with Crippen LogP contribution in [0.1, 0.15) is 12.8 Å². The minimum atomic E-state index is -0.358. The molecule has 3 N–H and O–H groups in total. The van der Waals surface area contributed by atoms with E-state index in [1.165, 1.54) is 0 Å². The lowest BCUT2D eigenvalue weighted by molar-refractivity contribution is -0.133. The zero-order valence-corrected chi connectivity index (χ0v) is 17.2. The second kappa shape index (κ2) is 8.90. The molecule has 2 amide bonds. The first-order chi connectivity index (χ1) is 15.0. The van der Waals surface area contributed by atoms with Crippen molar-refractivity contribution < 1.29 is 14.3 Å². The number of rotatable bonds is 6. The quantitative estimate of drug-likeness (QED) is 0.549. The van der Waals surface area contributed by atoms with Gasteiger partial charge in [-0.25, -0.2) is 9.78 Å². The fourth-order valence-electron chi connectivity index (χ4n) is 3.59. The molecule has 1 aliphatic rings. The number of hydrogen-bond donors (Lipinski definition) is 3. The van der Waals surface area contributed by atoms with Gasteiger partial charge < -0.3 is 24.8 Å². The Hall–Kier alpha value is -3.82. The van der Waals surface area contributed by atoms with Crippen LogP contribution in [0.3, 0.4) is 0 Å². The molecule has 3 aromatic rings. The van der Waals surface area contributed by atoms with E-state index in [1.54, 1.807) is 24.1 Å². The number of amides is 2. The molecule has 0 radical (unpaired) electrons. The molecule has 162 valence electrons. The van der Waals surface area contributed by atoms with Gasteiger partial charge in [0, 0.05) is 50.8 Å². The Labute approximate surface area is 178 Å². The Bertz CT molecular complexity index is 1150. The molecule has 0 saturated carbocycles. The lowest BCUT2D eigenvalue weighted by Gasteiger charge is -2.36. The van der Waals surface area contributed by atoms with Gasteiger partial charge in [-0.05, 0) is 24.3 Å². The number of imidazole rings is 1. The number of carbonyl (C=O) groups is 2. The summed E-state index contributed by atoms with van der Waals surface area (Å²) in [5.74, 6) is 0.789. The molecule has 1 fully saturated rings. The number of aromatic nitrogens is 3. The molecule has 0 atom stereocenters. The number of aromatic amines is 2. The molecule has 3 heterocycles. The largest absolute Gasteiger partial charge is 0.497 e. The van der Waals surface area contributed by atoms with Crippen molar-refractivity contribution in [2.45, 2.75) is 12.8 Å². The van der Waals surface area contributed by atoms with E-state index in [0.717, 1.165) is 24.5 Å². The fourth-order valence-corrected chi connectivity index (χ4v) is 3.59. The number of fused-ring (bicyclic) bond motifs is 1. The third-order valence-corrected chi connectivity index (χ3v) is 5.26. The van der Waals surface area contributed by atoms with Gasteiger partial charge in [-0.2, -0.15) is 0 Å². The summed E-state index contributed by atoms with van der Waals surface area (Å²) in [6.45, 7) is 2.67. The molecule has 1 saturated heterocycles. The molecule has 1 aliphatic heterocycles. The van der Waals surface area contributed by atoms with E-state index in [1.807, 2.05) is 24.3 Å². The van der Waals surface area contributed by atoms with Gasteiger partial charge in [0.05, 0.1) is 12.6 Å². The summed E-state index contributed by atoms with van der Waals surface area (Å²) in [5.41, 5.74) is 1.64. The Morgan fingerprint density at radius 1 is 1.10 bits per heavy atom. The number of pyridine rings is 1. The molecular formula is C21H24N6O4. The van der Waals surface area contributed by atoms with Crippen LogP contribution in [0.15, 0.2) is 41.2 Å². The van der Waals surface area contributed by atoms with Crippen LogP contribution in [0.2, 0.25) is 0 Å². The van der Waals surface area contributed by atoms with Gasteiger partial charge in [-0.3, -0.25) is 14.6 Å². The molecule has 31 heavy (non-hydrogen) atoms. The monoisotopic (exact) mass is 424 g/mol. The van der Waals surface area contributed by atoms with E-state index in [-0.39, 0.29) is 30.3 Å². The van der Waals surface area contributed by atoms with E-state index in [9.17, 15) is 14.4 Å². The standard InChI is InChI=1S/C21H24N6O4/c1-31-15-4-2-3-14(13-15)26-9-11-27(12-10-26)19(29)8-7-18(28)23-17-6-5-16-20(24-17)25-21(30)22-16/h2-6,13H,7-12H2,1H3,(H3,22,23,24,25,28,30). The Kier molecular flexibility index (Phi) is 5.87.